The molecule has 0 radical (unpaired) electrons. The number of aromatic nitrogens is 1. The zero-order valence-electron chi connectivity index (χ0n) is 9.86. The van der Waals surface area contributed by atoms with Gasteiger partial charge in [0.1, 0.15) is 5.82 Å². The first-order valence-corrected chi connectivity index (χ1v) is 8.20. The zero-order chi connectivity index (χ0) is 13.2. The van der Waals surface area contributed by atoms with E-state index >= 15 is 0 Å². The number of benzene rings is 1. The molecule has 0 atom stereocenters. The van der Waals surface area contributed by atoms with Crippen molar-refractivity contribution in [3.8, 4) is 0 Å². The second-order valence-electron chi connectivity index (χ2n) is 4.08. The standard InChI is InChI=1S/C14H10Br2N2S/c15-9-6-10(19-8-9)7-18-14-12-2-1-3-13(16)11(12)4-5-17-14/h1-6,8H,7H2,(H,17,18). The Hall–Kier alpha value is -0.910. The van der Waals surface area contributed by atoms with Crippen LogP contribution < -0.4 is 5.32 Å². The van der Waals surface area contributed by atoms with E-state index in [-0.39, 0.29) is 0 Å². The lowest BCUT2D eigenvalue weighted by Gasteiger charge is -2.08. The summed E-state index contributed by atoms with van der Waals surface area (Å²) in [5.41, 5.74) is 0. The Labute approximate surface area is 132 Å². The van der Waals surface area contributed by atoms with Crippen LogP contribution in [0, 0.1) is 0 Å². The molecular formula is C14H10Br2N2S. The van der Waals surface area contributed by atoms with E-state index in [9.17, 15) is 0 Å². The van der Waals surface area contributed by atoms with Gasteiger partial charge in [-0.05, 0) is 34.1 Å². The van der Waals surface area contributed by atoms with Crippen molar-refractivity contribution in [1.82, 2.24) is 4.98 Å². The van der Waals surface area contributed by atoms with E-state index in [4.69, 9.17) is 0 Å². The van der Waals surface area contributed by atoms with Gasteiger partial charge in [-0.2, -0.15) is 0 Å². The Morgan fingerprint density at radius 2 is 2.05 bits per heavy atom. The van der Waals surface area contributed by atoms with Gasteiger partial charge < -0.3 is 5.32 Å². The summed E-state index contributed by atoms with van der Waals surface area (Å²) >= 11 is 8.77. The van der Waals surface area contributed by atoms with E-state index in [1.165, 1.54) is 10.3 Å². The number of rotatable bonds is 3. The Morgan fingerprint density at radius 1 is 1.16 bits per heavy atom. The topological polar surface area (TPSA) is 24.9 Å². The van der Waals surface area contributed by atoms with Crippen LogP contribution in [-0.4, -0.2) is 4.98 Å². The number of nitrogens with one attached hydrogen (secondary N) is 1. The van der Waals surface area contributed by atoms with Crippen molar-refractivity contribution in [1.29, 1.82) is 0 Å². The van der Waals surface area contributed by atoms with Crippen LogP contribution in [0.4, 0.5) is 5.82 Å². The summed E-state index contributed by atoms with van der Waals surface area (Å²) < 4.78 is 2.22. The first-order chi connectivity index (χ1) is 9.24. The number of anilines is 1. The lowest BCUT2D eigenvalue weighted by atomic mass is 10.1. The molecule has 3 rings (SSSR count). The molecule has 2 heterocycles. The fourth-order valence-corrected chi connectivity index (χ4v) is 3.82. The van der Waals surface area contributed by atoms with Crippen LogP contribution in [0.15, 0.2) is 50.9 Å². The molecule has 0 spiro atoms. The lowest BCUT2D eigenvalue weighted by molar-refractivity contribution is 1.15. The highest BCUT2D eigenvalue weighted by Crippen LogP contribution is 2.28. The highest BCUT2D eigenvalue weighted by atomic mass is 79.9. The van der Waals surface area contributed by atoms with Gasteiger partial charge in [-0.15, -0.1) is 11.3 Å². The summed E-state index contributed by atoms with van der Waals surface area (Å²) in [6.07, 6.45) is 1.83. The molecule has 0 aliphatic heterocycles. The molecule has 2 aromatic heterocycles. The van der Waals surface area contributed by atoms with Gasteiger partial charge in [0.2, 0.25) is 0 Å². The van der Waals surface area contributed by atoms with E-state index in [0.29, 0.717) is 0 Å². The van der Waals surface area contributed by atoms with Gasteiger partial charge in [-0.25, -0.2) is 4.98 Å². The predicted molar refractivity (Wildman–Crippen MR) is 88.8 cm³/mol. The highest BCUT2D eigenvalue weighted by molar-refractivity contribution is 9.11. The molecule has 1 N–H and O–H groups in total. The van der Waals surface area contributed by atoms with E-state index < -0.39 is 0 Å². The number of halogens is 2. The van der Waals surface area contributed by atoms with Crippen LogP contribution in [0.5, 0.6) is 0 Å². The molecule has 19 heavy (non-hydrogen) atoms. The molecule has 96 valence electrons. The lowest BCUT2D eigenvalue weighted by Crippen LogP contribution is -2.00. The van der Waals surface area contributed by atoms with Gasteiger partial charge in [0.25, 0.3) is 0 Å². The molecule has 0 aliphatic rings. The minimum Gasteiger partial charge on any atom is -0.365 e. The van der Waals surface area contributed by atoms with Gasteiger partial charge >= 0.3 is 0 Å². The first kappa shape index (κ1) is 13.1. The average molecular weight is 398 g/mol. The van der Waals surface area contributed by atoms with E-state index in [2.05, 4.69) is 59.7 Å². The number of hydrogen-bond acceptors (Lipinski definition) is 3. The minimum absolute atomic E-state index is 0.787. The third-order valence-electron chi connectivity index (χ3n) is 2.80. The number of pyridine rings is 1. The minimum atomic E-state index is 0.787. The number of fused-ring (bicyclic) bond motifs is 1. The van der Waals surface area contributed by atoms with Crippen molar-refractivity contribution in [2.75, 3.05) is 5.32 Å². The van der Waals surface area contributed by atoms with Crippen LogP contribution in [0.3, 0.4) is 0 Å². The molecule has 0 unspecified atom stereocenters. The fourth-order valence-electron chi connectivity index (χ4n) is 1.93. The third kappa shape index (κ3) is 2.83. The number of hydrogen-bond donors (Lipinski definition) is 1. The zero-order valence-corrected chi connectivity index (χ0v) is 13.8. The summed E-state index contributed by atoms with van der Waals surface area (Å²) in [6.45, 7) is 0.787. The van der Waals surface area contributed by atoms with Gasteiger partial charge in [-0.3, -0.25) is 0 Å². The third-order valence-corrected chi connectivity index (χ3v) is 5.19. The summed E-state index contributed by atoms with van der Waals surface area (Å²) in [5.74, 6) is 0.920. The maximum atomic E-state index is 4.43. The number of thiophene rings is 1. The molecule has 0 fully saturated rings. The second-order valence-corrected chi connectivity index (χ2v) is 6.85. The van der Waals surface area contributed by atoms with Crippen molar-refractivity contribution in [2.24, 2.45) is 0 Å². The largest absolute Gasteiger partial charge is 0.365 e. The smallest absolute Gasteiger partial charge is 0.134 e. The average Bonchev–Trinajstić information content (AvgIpc) is 2.83. The molecule has 3 aromatic rings. The van der Waals surface area contributed by atoms with Gasteiger partial charge in [0, 0.05) is 36.2 Å². The summed E-state index contributed by atoms with van der Waals surface area (Å²) in [6, 6.07) is 10.3. The van der Waals surface area contributed by atoms with E-state index in [1.807, 2.05) is 24.4 Å². The highest BCUT2D eigenvalue weighted by Gasteiger charge is 2.05. The Morgan fingerprint density at radius 3 is 2.84 bits per heavy atom. The van der Waals surface area contributed by atoms with E-state index in [0.717, 1.165) is 26.7 Å². The van der Waals surface area contributed by atoms with Crippen LogP contribution >= 0.6 is 43.2 Å². The van der Waals surface area contributed by atoms with Gasteiger partial charge in [0.15, 0.2) is 0 Å². The van der Waals surface area contributed by atoms with Gasteiger partial charge in [0.05, 0.1) is 6.54 Å². The number of nitrogens with zero attached hydrogens (tertiary/aromatic N) is 1. The Balaban J connectivity index is 1.91. The van der Waals surface area contributed by atoms with Gasteiger partial charge in [-0.1, -0.05) is 28.1 Å². The molecule has 0 saturated carbocycles. The molecule has 2 nitrogen and oxygen atoms in total. The fraction of sp³-hybridized carbons (Fsp3) is 0.0714. The second kappa shape index (κ2) is 5.61. The summed E-state index contributed by atoms with van der Waals surface area (Å²) in [7, 11) is 0. The molecule has 0 aliphatic carbocycles. The molecule has 0 saturated heterocycles. The van der Waals surface area contributed by atoms with Crippen LogP contribution in [0.2, 0.25) is 0 Å². The molecule has 5 heteroatoms. The summed E-state index contributed by atoms with van der Waals surface area (Å²) in [4.78, 5) is 5.71. The maximum absolute atomic E-state index is 4.43. The Kier molecular flexibility index (Phi) is 3.86. The monoisotopic (exact) mass is 396 g/mol. The predicted octanol–water partition coefficient (Wildman–Crippen LogP) is 5.43. The quantitative estimate of drug-likeness (QED) is 0.636. The van der Waals surface area contributed by atoms with E-state index in [1.54, 1.807) is 11.3 Å². The normalized spacial score (nSPS) is 10.8. The van der Waals surface area contributed by atoms with Crippen LogP contribution in [-0.2, 0) is 6.54 Å². The van der Waals surface area contributed by atoms with Crippen molar-refractivity contribution >= 4 is 59.8 Å². The van der Waals surface area contributed by atoms with Crippen molar-refractivity contribution in [3.63, 3.8) is 0 Å². The van der Waals surface area contributed by atoms with Crippen LogP contribution in [0.1, 0.15) is 4.88 Å². The van der Waals surface area contributed by atoms with Crippen molar-refractivity contribution < 1.29 is 0 Å². The van der Waals surface area contributed by atoms with Crippen LogP contribution in [0.25, 0.3) is 10.8 Å². The first-order valence-electron chi connectivity index (χ1n) is 5.74. The molecule has 1 aromatic carbocycles. The SMILES string of the molecule is Brc1csc(CNc2nccc3c(Br)cccc23)c1. The Bertz CT molecular complexity index is 724. The van der Waals surface area contributed by atoms with Crippen molar-refractivity contribution in [2.45, 2.75) is 6.54 Å². The molecule has 0 amide bonds. The molecule has 0 bridgehead atoms. The maximum Gasteiger partial charge on any atom is 0.134 e. The van der Waals surface area contributed by atoms with Crippen molar-refractivity contribution in [3.05, 3.63) is 55.7 Å². The molecular weight excluding hydrogens is 388 g/mol. The summed E-state index contributed by atoms with van der Waals surface area (Å²) in [5, 5.41) is 7.79.